The molecule has 0 heterocycles. The fourth-order valence-corrected chi connectivity index (χ4v) is 2.14. The van der Waals surface area contributed by atoms with E-state index in [1.54, 1.807) is 12.1 Å². The van der Waals surface area contributed by atoms with Crippen LogP contribution in [0.2, 0.25) is 0 Å². The Morgan fingerprint density at radius 3 is 2.39 bits per heavy atom. The summed E-state index contributed by atoms with van der Waals surface area (Å²) in [6, 6.07) is 7.28. The molecule has 1 aromatic rings. The topological polar surface area (TPSA) is 84.9 Å². The van der Waals surface area contributed by atoms with Gasteiger partial charge < -0.3 is 19.9 Å². The van der Waals surface area contributed by atoms with Crippen LogP contribution >= 0.6 is 0 Å². The highest BCUT2D eigenvalue weighted by atomic mass is 16.6. The lowest BCUT2D eigenvalue weighted by atomic mass is 9.97. The molecule has 0 fully saturated rings. The highest BCUT2D eigenvalue weighted by Gasteiger charge is 2.18. The van der Waals surface area contributed by atoms with Crippen molar-refractivity contribution in [2.75, 3.05) is 20.3 Å². The van der Waals surface area contributed by atoms with Crippen LogP contribution in [0.5, 0.6) is 5.75 Å². The molecule has 6 nitrogen and oxygen atoms in total. The maximum Gasteiger partial charge on any atom is 0.343 e. The van der Waals surface area contributed by atoms with Crippen molar-refractivity contribution in [2.24, 2.45) is 11.8 Å². The first kappa shape index (κ1) is 19.0. The van der Waals surface area contributed by atoms with Gasteiger partial charge in [-0.15, -0.1) is 0 Å². The Balaban J connectivity index is 2.40. The average molecular weight is 323 g/mol. The van der Waals surface area contributed by atoms with E-state index in [-0.39, 0.29) is 12.5 Å². The zero-order chi connectivity index (χ0) is 17.2. The molecule has 0 saturated heterocycles. The van der Waals surface area contributed by atoms with Gasteiger partial charge in [-0.1, -0.05) is 26.0 Å². The van der Waals surface area contributed by atoms with Gasteiger partial charge in [-0.2, -0.15) is 0 Å². The van der Waals surface area contributed by atoms with Crippen molar-refractivity contribution in [3.8, 4) is 5.75 Å². The maximum atomic E-state index is 11.2. The van der Waals surface area contributed by atoms with Gasteiger partial charge >= 0.3 is 11.9 Å². The van der Waals surface area contributed by atoms with E-state index >= 15 is 0 Å². The molecule has 2 N–H and O–H groups in total. The van der Waals surface area contributed by atoms with Crippen molar-refractivity contribution in [2.45, 2.75) is 26.8 Å². The lowest BCUT2D eigenvalue weighted by Crippen LogP contribution is -2.29. The number of hydrogen-bond donors (Lipinski definition) is 2. The van der Waals surface area contributed by atoms with Gasteiger partial charge in [-0.3, -0.25) is 4.79 Å². The van der Waals surface area contributed by atoms with Crippen LogP contribution < -0.4 is 10.1 Å². The summed E-state index contributed by atoms with van der Waals surface area (Å²) in [4.78, 5) is 22.2. The van der Waals surface area contributed by atoms with E-state index in [1.165, 1.54) is 7.11 Å². The van der Waals surface area contributed by atoms with Crippen LogP contribution in [-0.4, -0.2) is 37.3 Å². The van der Waals surface area contributed by atoms with Crippen LogP contribution in [-0.2, 0) is 20.9 Å². The Hall–Kier alpha value is -2.08. The van der Waals surface area contributed by atoms with Crippen molar-refractivity contribution in [1.82, 2.24) is 5.32 Å². The number of ether oxygens (including phenoxy) is 2. The molecule has 0 radical (unpaired) electrons. The second-order valence-corrected chi connectivity index (χ2v) is 5.80. The second kappa shape index (κ2) is 9.84. The highest BCUT2D eigenvalue weighted by Crippen LogP contribution is 2.13. The number of benzene rings is 1. The first-order chi connectivity index (χ1) is 10.9. The SMILES string of the molecule is COC(=O)COc1ccc(CNCC(CC(C)C)C(=O)O)cc1. The Morgan fingerprint density at radius 2 is 1.87 bits per heavy atom. The molecule has 0 saturated carbocycles. The molecule has 23 heavy (non-hydrogen) atoms. The third-order valence-corrected chi connectivity index (χ3v) is 3.33. The van der Waals surface area contributed by atoms with Crippen LogP contribution in [0, 0.1) is 11.8 Å². The number of carbonyl (C=O) groups is 2. The summed E-state index contributed by atoms with van der Waals surface area (Å²) in [7, 11) is 1.31. The van der Waals surface area contributed by atoms with E-state index in [4.69, 9.17) is 4.74 Å². The summed E-state index contributed by atoms with van der Waals surface area (Å²) in [5, 5.41) is 12.4. The summed E-state index contributed by atoms with van der Waals surface area (Å²) >= 11 is 0. The number of aliphatic carboxylic acids is 1. The lowest BCUT2D eigenvalue weighted by Gasteiger charge is -2.15. The summed E-state index contributed by atoms with van der Waals surface area (Å²) in [5.41, 5.74) is 1.02. The molecule has 1 atom stereocenters. The van der Waals surface area contributed by atoms with Crippen LogP contribution in [0.3, 0.4) is 0 Å². The van der Waals surface area contributed by atoms with Crippen molar-refractivity contribution in [1.29, 1.82) is 0 Å². The van der Waals surface area contributed by atoms with Crippen molar-refractivity contribution >= 4 is 11.9 Å². The molecule has 0 aliphatic heterocycles. The molecule has 0 spiro atoms. The minimum atomic E-state index is -0.766. The minimum Gasteiger partial charge on any atom is -0.482 e. The average Bonchev–Trinajstić information content (AvgIpc) is 2.52. The smallest absolute Gasteiger partial charge is 0.343 e. The monoisotopic (exact) mass is 323 g/mol. The first-order valence-corrected chi connectivity index (χ1v) is 7.64. The van der Waals surface area contributed by atoms with Gasteiger partial charge in [-0.25, -0.2) is 4.79 Å². The van der Waals surface area contributed by atoms with Crippen molar-refractivity contribution in [3.63, 3.8) is 0 Å². The first-order valence-electron chi connectivity index (χ1n) is 7.64. The quantitative estimate of drug-likeness (QED) is 0.641. The summed E-state index contributed by atoms with van der Waals surface area (Å²) in [5.74, 6) is -0.637. The standard InChI is InChI=1S/C17H25NO5/c1-12(2)8-14(17(20)21)10-18-9-13-4-6-15(7-5-13)23-11-16(19)22-3/h4-7,12,14,18H,8-11H2,1-3H3,(H,20,21). The Bertz CT molecular complexity index is 498. The molecule has 1 unspecified atom stereocenters. The largest absolute Gasteiger partial charge is 0.482 e. The third kappa shape index (κ3) is 7.65. The summed E-state index contributed by atoms with van der Waals surface area (Å²) in [6.07, 6.45) is 0.655. The van der Waals surface area contributed by atoms with Crippen LogP contribution in [0.4, 0.5) is 0 Å². The molecule has 1 rings (SSSR count). The predicted octanol–water partition coefficient (Wildman–Crippen LogP) is 2.07. The second-order valence-electron chi connectivity index (χ2n) is 5.80. The number of nitrogens with one attached hydrogen (secondary N) is 1. The van der Waals surface area contributed by atoms with Crippen LogP contribution in [0.15, 0.2) is 24.3 Å². The number of esters is 1. The molecule has 0 bridgehead atoms. The fraction of sp³-hybridized carbons (Fsp3) is 0.529. The lowest BCUT2D eigenvalue weighted by molar-refractivity contribution is -0.143. The molecule has 0 aliphatic carbocycles. The third-order valence-electron chi connectivity index (χ3n) is 3.33. The number of hydrogen-bond acceptors (Lipinski definition) is 5. The van der Waals surface area contributed by atoms with E-state index < -0.39 is 11.9 Å². The van der Waals surface area contributed by atoms with Gasteiger partial charge in [0, 0.05) is 13.1 Å². The van der Waals surface area contributed by atoms with E-state index in [9.17, 15) is 14.7 Å². The van der Waals surface area contributed by atoms with E-state index in [2.05, 4.69) is 10.1 Å². The molecule has 0 aliphatic rings. The maximum absolute atomic E-state index is 11.2. The molecule has 1 aromatic carbocycles. The molecule has 0 amide bonds. The Kier molecular flexibility index (Phi) is 8.11. The van der Waals surface area contributed by atoms with Gasteiger partial charge in [0.1, 0.15) is 5.75 Å². The number of carbonyl (C=O) groups excluding carboxylic acids is 1. The van der Waals surface area contributed by atoms with Crippen molar-refractivity contribution in [3.05, 3.63) is 29.8 Å². The number of carboxylic acid groups (broad SMARTS) is 1. The molecular formula is C17H25NO5. The molecular weight excluding hydrogens is 298 g/mol. The summed E-state index contributed by atoms with van der Waals surface area (Å²) in [6.45, 7) is 4.93. The molecule has 0 aromatic heterocycles. The zero-order valence-electron chi connectivity index (χ0n) is 13.9. The highest BCUT2D eigenvalue weighted by molar-refractivity contribution is 5.71. The van der Waals surface area contributed by atoms with Crippen LogP contribution in [0.1, 0.15) is 25.8 Å². The Labute approximate surface area is 136 Å². The molecule has 128 valence electrons. The van der Waals surface area contributed by atoms with Gasteiger partial charge in [0.05, 0.1) is 13.0 Å². The molecule has 6 heteroatoms. The number of rotatable bonds is 10. The van der Waals surface area contributed by atoms with Gasteiger partial charge in [-0.05, 0) is 30.0 Å². The van der Waals surface area contributed by atoms with Gasteiger partial charge in [0.15, 0.2) is 6.61 Å². The number of carboxylic acids is 1. The van der Waals surface area contributed by atoms with Gasteiger partial charge in [0.25, 0.3) is 0 Å². The van der Waals surface area contributed by atoms with Gasteiger partial charge in [0.2, 0.25) is 0 Å². The fourth-order valence-electron chi connectivity index (χ4n) is 2.14. The van der Waals surface area contributed by atoms with E-state index in [0.29, 0.717) is 31.2 Å². The minimum absolute atomic E-state index is 0.121. The normalized spacial score (nSPS) is 12.0. The Morgan fingerprint density at radius 1 is 1.22 bits per heavy atom. The summed E-state index contributed by atoms with van der Waals surface area (Å²) < 4.78 is 9.75. The zero-order valence-corrected chi connectivity index (χ0v) is 13.9. The van der Waals surface area contributed by atoms with Crippen LogP contribution in [0.25, 0.3) is 0 Å². The predicted molar refractivity (Wildman–Crippen MR) is 86.2 cm³/mol. The van der Waals surface area contributed by atoms with E-state index in [1.807, 2.05) is 26.0 Å². The van der Waals surface area contributed by atoms with Crippen molar-refractivity contribution < 1.29 is 24.2 Å². The number of methoxy groups -OCH3 is 1. The van der Waals surface area contributed by atoms with E-state index in [0.717, 1.165) is 5.56 Å².